The maximum Gasteiger partial charge on any atom is 0.0717 e. The lowest BCUT2D eigenvalue weighted by Crippen LogP contribution is -2.51. The lowest BCUT2D eigenvalue weighted by Gasteiger charge is -2.39. The first-order chi connectivity index (χ1) is 8.38. The smallest absolute Gasteiger partial charge is 0.0717 e. The average molecular weight is 234 g/mol. The number of nitrogens with zero attached hydrogens (tertiary/aromatic N) is 1. The minimum Gasteiger partial charge on any atom is -0.375 e. The number of nitrogens with one attached hydrogen (secondary N) is 1. The Morgan fingerprint density at radius 3 is 2.76 bits per heavy atom. The number of hydrogen-bond acceptors (Lipinski definition) is 3. The molecule has 0 amide bonds. The van der Waals surface area contributed by atoms with Crippen LogP contribution >= 0.6 is 0 Å². The molecule has 2 rings (SSSR count). The van der Waals surface area contributed by atoms with Gasteiger partial charge in [0.15, 0.2) is 0 Å². The molecule has 1 saturated heterocycles. The Hall–Kier alpha value is -0.900. The van der Waals surface area contributed by atoms with Crippen molar-refractivity contribution in [3.8, 4) is 0 Å². The summed E-state index contributed by atoms with van der Waals surface area (Å²) in [4.78, 5) is 2.45. The summed E-state index contributed by atoms with van der Waals surface area (Å²) in [7, 11) is 2.02. The fraction of sp³-hybridized carbons (Fsp3) is 0.571. The number of benzene rings is 1. The molecule has 0 spiro atoms. The summed E-state index contributed by atoms with van der Waals surface area (Å²) >= 11 is 0. The largest absolute Gasteiger partial charge is 0.375 e. The molecule has 94 valence electrons. The van der Waals surface area contributed by atoms with Gasteiger partial charge in [0.25, 0.3) is 0 Å². The minimum atomic E-state index is 0.731. The van der Waals surface area contributed by atoms with Gasteiger partial charge < -0.3 is 15.0 Å². The van der Waals surface area contributed by atoms with E-state index in [0.717, 1.165) is 32.2 Å². The molecule has 1 aromatic rings. The third-order valence-electron chi connectivity index (χ3n) is 3.19. The average Bonchev–Trinajstić information content (AvgIpc) is 2.32. The zero-order chi connectivity index (χ0) is 11.9. The van der Waals surface area contributed by atoms with Gasteiger partial charge in [0.05, 0.1) is 13.2 Å². The molecule has 0 aromatic heterocycles. The number of rotatable bonds is 7. The van der Waals surface area contributed by atoms with Gasteiger partial charge in [-0.1, -0.05) is 30.3 Å². The molecular weight excluding hydrogens is 212 g/mol. The first-order valence-electron chi connectivity index (χ1n) is 6.37. The van der Waals surface area contributed by atoms with Gasteiger partial charge >= 0.3 is 0 Å². The van der Waals surface area contributed by atoms with Crippen molar-refractivity contribution in [2.45, 2.75) is 6.61 Å². The molecule has 1 aliphatic rings. The van der Waals surface area contributed by atoms with Crippen LogP contribution < -0.4 is 5.32 Å². The Bertz CT molecular complexity index is 309. The summed E-state index contributed by atoms with van der Waals surface area (Å²) in [5.41, 5.74) is 1.25. The van der Waals surface area contributed by atoms with Crippen LogP contribution in [0.4, 0.5) is 0 Å². The molecule has 0 saturated carbocycles. The van der Waals surface area contributed by atoms with Crippen molar-refractivity contribution >= 4 is 0 Å². The summed E-state index contributed by atoms with van der Waals surface area (Å²) in [6, 6.07) is 10.3. The third-order valence-corrected chi connectivity index (χ3v) is 3.19. The van der Waals surface area contributed by atoms with E-state index >= 15 is 0 Å². The minimum absolute atomic E-state index is 0.731. The van der Waals surface area contributed by atoms with Gasteiger partial charge in [0.2, 0.25) is 0 Å². The normalized spacial score (nSPS) is 17.0. The van der Waals surface area contributed by atoms with Crippen LogP contribution in [-0.4, -0.2) is 44.7 Å². The van der Waals surface area contributed by atoms with Crippen LogP contribution in [0.25, 0.3) is 0 Å². The summed E-state index contributed by atoms with van der Waals surface area (Å²) in [5.74, 6) is 0.842. The molecule has 1 heterocycles. The van der Waals surface area contributed by atoms with Gasteiger partial charge in [0, 0.05) is 26.2 Å². The quantitative estimate of drug-likeness (QED) is 0.721. The van der Waals surface area contributed by atoms with Crippen LogP contribution in [0.2, 0.25) is 0 Å². The van der Waals surface area contributed by atoms with Crippen LogP contribution in [0.5, 0.6) is 0 Å². The summed E-state index contributed by atoms with van der Waals surface area (Å²) in [5, 5.41) is 3.22. The summed E-state index contributed by atoms with van der Waals surface area (Å²) in [6.07, 6.45) is 0. The Balaban J connectivity index is 1.50. The van der Waals surface area contributed by atoms with Crippen LogP contribution in [0.15, 0.2) is 30.3 Å². The highest BCUT2D eigenvalue weighted by Crippen LogP contribution is 2.13. The molecule has 0 unspecified atom stereocenters. The molecule has 17 heavy (non-hydrogen) atoms. The predicted octanol–water partition coefficient (Wildman–Crippen LogP) is 1.35. The van der Waals surface area contributed by atoms with Gasteiger partial charge in [-0.3, -0.25) is 0 Å². The Morgan fingerprint density at radius 1 is 1.29 bits per heavy atom. The molecule has 0 aliphatic carbocycles. The monoisotopic (exact) mass is 234 g/mol. The summed E-state index contributed by atoms with van der Waals surface area (Å²) < 4.78 is 5.66. The standard InChI is InChI=1S/C14H22N2O/c1-15-9-14-10-16(11-14)7-8-17-12-13-5-3-2-4-6-13/h2-6,14-15H,7-12H2,1H3. The van der Waals surface area contributed by atoms with E-state index in [9.17, 15) is 0 Å². The number of likely N-dealkylation sites (tertiary alicyclic amines) is 1. The Labute approximate surface area is 104 Å². The fourth-order valence-electron chi connectivity index (χ4n) is 2.24. The van der Waals surface area contributed by atoms with E-state index < -0.39 is 0 Å². The second-order valence-electron chi connectivity index (χ2n) is 4.72. The molecule has 0 bridgehead atoms. The van der Waals surface area contributed by atoms with Crippen LogP contribution in [0.3, 0.4) is 0 Å². The van der Waals surface area contributed by atoms with Crippen LogP contribution in [0.1, 0.15) is 5.56 Å². The van der Waals surface area contributed by atoms with Gasteiger partial charge in [-0.2, -0.15) is 0 Å². The molecule has 1 N–H and O–H groups in total. The molecule has 1 aliphatic heterocycles. The maximum atomic E-state index is 5.66. The topological polar surface area (TPSA) is 24.5 Å². The maximum absolute atomic E-state index is 5.66. The highest BCUT2D eigenvalue weighted by Gasteiger charge is 2.24. The van der Waals surface area contributed by atoms with Crippen LogP contribution in [-0.2, 0) is 11.3 Å². The van der Waals surface area contributed by atoms with Gasteiger partial charge in [0.1, 0.15) is 0 Å². The second kappa shape index (κ2) is 6.74. The van der Waals surface area contributed by atoms with E-state index in [0.29, 0.717) is 0 Å². The zero-order valence-electron chi connectivity index (χ0n) is 10.6. The van der Waals surface area contributed by atoms with Gasteiger partial charge in [-0.25, -0.2) is 0 Å². The predicted molar refractivity (Wildman–Crippen MR) is 70.0 cm³/mol. The molecule has 3 nitrogen and oxygen atoms in total. The SMILES string of the molecule is CNCC1CN(CCOCc2ccccc2)C1. The van der Waals surface area contributed by atoms with E-state index in [1.54, 1.807) is 0 Å². The zero-order valence-corrected chi connectivity index (χ0v) is 10.6. The van der Waals surface area contributed by atoms with E-state index in [2.05, 4.69) is 34.5 Å². The van der Waals surface area contributed by atoms with Gasteiger partial charge in [-0.05, 0) is 18.5 Å². The van der Waals surface area contributed by atoms with Gasteiger partial charge in [-0.15, -0.1) is 0 Å². The lowest BCUT2D eigenvalue weighted by atomic mass is 10.0. The molecule has 1 aromatic carbocycles. The van der Waals surface area contributed by atoms with Crippen molar-refractivity contribution < 1.29 is 4.74 Å². The van der Waals surface area contributed by atoms with Crippen molar-refractivity contribution in [3.63, 3.8) is 0 Å². The van der Waals surface area contributed by atoms with E-state index in [4.69, 9.17) is 4.74 Å². The van der Waals surface area contributed by atoms with Crippen molar-refractivity contribution in [1.29, 1.82) is 0 Å². The van der Waals surface area contributed by atoms with Crippen LogP contribution in [0, 0.1) is 5.92 Å². The first kappa shape index (κ1) is 12.6. The summed E-state index contributed by atoms with van der Waals surface area (Å²) in [6.45, 7) is 6.20. The molecule has 1 fully saturated rings. The highest BCUT2D eigenvalue weighted by atomic mass is 16.5. The molecule has 0 radical (unpaired) electrons. The number of hydrogen-bond donors (Lipinski definition) is 1. The van der Waals surface area contributed by atoms with Crippen molar-refractivity contribution in [2.24, 2.45) is 5.92 Å². The van der Waals surface area contributed by atoms with E-state index in [-0.39, 0.29) is 0 Å². The molecular formula is C14H22N2O. The van der Waals surface area contributed by atoms with Crippen molar-refractivity contribution in [2.75, 3.05) is 39.8 Å². The highest BCUT2D eigenvalue weighted by molar-refractivity contribution is 5.13. The van der Waals surface area contributed by atoms with E-state index in [1.807, 2.05) is 13.1 Å². The Kier molecular flexibility index (Phi) is 4.98. The molecule has 3 heteroatoms. The third kappa shape index (κ3) is 4.11. The molecule has 0 atom stereocenters. The lowest BCUT2D eigenvalue weighted by molar-refractivity contribution is 0.0433. The van der Waals surface area contributed by atoms with Crippen molar-refractivity contribution in [3.05, 3.63) is 35.9 Å². The fourth-order valence-corrected chi connectivity index (χ4v) is 2.24. The van der Waals surface area contributed by atoms with Crippen molar-refractivity contribution in [1.82, 2.24) is 10.2 Å². The first-order valence-corrected chi connectivity index (χ1v) is 6.37. The second-order valence-corrected chi connectivity index (χ2v) is 4.72. The van der Waals surface area contributed by atoms with E-state index in [1.165, 1.54) is 18.7 Å². The Morgan fingerprint density at radius 2 is 2.06 bits per heavy atom. The number of ether oxygens (including phenoxy) is 1.